The first-order chi connectivity index (χ1) is 9.62. The topological polar surface area (TPSA) is 102 Å². The number of rotatable bonds is 6. The molecule has 0 aromatic heterocycles. The van der Waals surface area contributed by atoms with Crippen molar-refractivity contribution >= 4 is 17.3 Å². The molecule has 1 amide bonds. The van der Waals surface area contributed by atoms with E-state index in [-0.39, 0.29) is 22.7 Å². The van der Waals surface area contributed by atoms with Crippen LogP contribution < -0.4 is 11.1 Å². The van der Waals surface area contributed by atoms with Crippen LogP contribution in [0.2, 0.25) is 0 Å². The van der Waals surface area contributed by atoms with Crippen LogP contribution in [0.15, 0.2) is 18.2 Å². The van der Waals surface area contributed by atoms with Crippen LogP contribution in [0.1, 0.15) is 24.2 Å². The molecule has 1 aromatic rings. The minimum Gasteiger partial charge on any atom is -0.393 e. The lowest BCUT2D eigenvalue weighted by atomic mass is 9.93. The summed E-state index contributed by atoms with van der Waals surface area (Å²) in [5, 5.41) is 13.5. The lowest BCUT2D eigenvalue weighted by Crippen LogP contribution is -2.40. The van der Waals surface area contributed by atoms with Gasteiger partial charge in [-0.25, -0.2) is 0 Å². The summed E-state index contributed by atoms with van der Waals surface area (Å²) in [6.07, 6.45) is 0. The number of nitrogens with two attached hydrogens (primary N) is 1. The standard InChI is InChI=1S/C14H22N4O3/c1-14(2,9-17(3)4)8-16-13(19)10-5-6-12(18(20)21)11(15)7-10/h5-7H,8-9,15H2,1-4H3,(H,16,19). The van der Waals surface area contributed by atoms with Gasteiger partial charge in [0.25, 0.3) is 11.6 Å². The largest absolute Gasteiger partial charge is 0.393 e. The molecule has 0 bridgehead atoms. The van der Waals surface area contributed by atoms with Crippen molar-refractivity contribution in [1.29, 1.82) is 0 Å². The molecule has 116 valence electrons. The molecule has 7 heteroatoms. The summed E-state index contributed by atoms with van der Waals surface area (Å²) < 4.78 is 0. The molecule has 0 radical (unpaired) electrons. The third-order valence-electron chi connectivity index (χ3n) is 2.96. The second-order valence-corrected chi connectivity index (χ2v) is 6.12. The molecule has 0 fully saturated rings. The zero-order valence-corrected chi connectivity index (χ0v) is 12.8. The average molecular weight is 294 g/mol. The highest BCUT2D eigenvalue weighted by molar-refractivity contribution is 5.95. The van der Waals surface area contributed by atoms with E-state index in [1.54, 1.807) is 0 Å². The number of nitrogens with zero attached hydrogens (tertiary/aromatic N) is 2. The van der Waals surface area contributed by atoms with Gasteiger partial charge in [-0.2, -0.15) is 0 Å². The van der Waals surface area contributed by atoms with Gasteiger partial charge in [0.05, 0.1) is 4.92 Å². The predicted molar refractivity (Wildman–Crippen MR) is 82.2 cm³/mol. The van der Waals surface area contributed by atoms with E-state index in [4.69, 9.17) is 5.73 Å². The zero-order chi connectivity index (χ0) is 16.2. The Morgan fingerprint density at radius 2 is 2.05 bits per heavy atom. The quantitative estimate of drug-likeness (QED) is 0.470. The highest BCUT2D eigenvalue weighted by atomic mass is 16.6. The molecular formula is C14H22N4O3. The smallest absolute Gasteiger partial charge is 0.292 e. The summed E-state index contributed by atoms with van der Waals surface area (Å²) in [5.41, 5.74) is 5.61. The molecule has 7 nitrogen and oxygen atoms in total. The zero-order valence-electron chi connectivity index (χ0n) is 12.8. The van der Waals surface area contributed by atoms with E-state index >= 15 is 0 Å². The molecule has 1 aromatic carbocycles. The van der Waals surface area contributed by atoms with Gasteiger partial charge in [0.1, 0.15) is 5.69 Å². The van der Waals surface area contributed by atoms with E-state index in [2.05, 4.69) is 24.1 Å². The van der Waals surface area contributed by atoms with Crippen molar-refractivity contribution in [1.82, 2.24) is 10.2 Å². The number of carbonyl (C=O) groups is 1. The minimum absolute atomic E-state index is 0.0137. The number of carbonyl (C=O) groups excluding carboxylic acids is 1. The van der Waals surface area contributed by atoms with Gasteiger partial charge >= 0.3 is 0 Å². The van der Waals surface area contributed by atoms with Crippen LogP contribution in [0.3, 0.4) is 0 Å². The van der Waals surface area contributed by atoms with Crippen molar-refractivity contribution in [3.05, 3.63) is 33.9 Å². The number of hydrogen-bond donors (Lipinski definition) is 2. The first-order valence-electron chi connectivity index (χ1n) is 6.59. The maximum atomic E-state index is 12.1. The van der Waals surface area contributed by atoms with Crippen LogP contribution in [-0.4, -0.2) is 42.9 Å². The van der Waals surface area contributed by atoms with Crippen molar-refractivity contribution in [2.45, 2.75) is 13.8 Å². The number of nitrogens with one attached hydrogen (secondary N) is 1. The Labute approximate surface area is 124 Å². The first kappa shape index (κ1) is 16.9. The summed E-state index contributed by atoms with van der Waals surface area (Å²) in [6.45, 7) is 5.44. The fraction of sp³-hybridized carbons (Fsp3) is 0.500. The fourth-order valence-corrected chi connectivity index (χ4v) is 2.20. The Kier molecular flexibility index (Phi) is 5.26. The summed E-state index contributed by atoms with van der Waals surface area (Å²) in [6, 6.07) is 3.98. The molecule has 3 N–H and O–H groups in total. The van der Waals surface area contributed by atoms with Gasteiger partial charge in [-0.1, -0.05) is 13.8 Å². The highest BCUT2D eigenvalue weighted by Gasteiger charge is 2.21. The predicted octanol–water partition coefficient (Wildman–Crippen LogP) is 1.49. The van der Waals surface area contributed by atoms with Crippen molar-refractivity contribution < 1.29 is 9.72 Å². The third kappa shape index (κ3) is 5.03. The second-order valence-electron chi connectivity index (χ2n) is 6.12. The van der Waals surface area contributed by atoms with Crippen LogP contribution in [0.5, 0.6) is 0 Å². The number of nitro groups is 1. The number of nitrogen functional groups attached to an aromatic ring is 1. The average Bonchev–Trinajstić information content (AvgIpc) is 2.33. The van der Waals surface area contributed by atoms with Crippen molar-refractivity contribution in [2.24, 2.45) is 5.41 Å². The van der Waals surface area contributed by atoms with Crippen molar-refractivity contribution in [2.75, 3.05) is 32.9 Å². The molecule has 0 atom stereocenters. The SMILES string of the molecule is CN(C)CC(C)(C)CNC(=O)c1ccc([N+](=O)[O-])c(N)c1. The molecule has 1 rings (SSSR count). The number of benzene rings is 1. The monoisotopic (exact) mass is 294 g/mol. The Bertz CT molecular complexity index is 541. The number of nitro benzene ring substituents is 1. The molecule has 0 spiro atoms. The highest BCUT2D eigenvalue weighted by Crippen LogP contribution is 2.22. The molecule has 0 unspecified atom stereocenters. The van der Waals surface area contributed by atoms with Gasteiger partial charge in [-0.05, 0) is 31.6 Å². The van der Waals surface area contributed by atoms with Crippen LogP contribution in [0.4, 0.5) is 11.4 Å². The lowest BCUT2D eigenvalue weighted by molar-refractivity contribution is -0.383. The van der Waals surface area contributed by atoms with Gasteiger partial charge in [0, 0.05) is 24.7 Å². The first-order valence-corrected chi connectivity index (χ1v) is 6.59. The van der Waals surface area contributed by atoms with Crippen LogP contribution in [0, 0.1) is 15.5 Å². The molecule has 0 saturated heterocycles. The van der Waals surface area contributed by atoms with Gasteiger partial charge in [0.2, 0.25) is 0 Å². The molecule has 0 heterocycles. The number of hydrogen-bond acceptors (Lipinski definition) is 5. The maximum absolute atomic E-state index is 12.1. The molecule has 0 saturated carbocycles. The fourth-order valence-electron chi connectivity index (χ4n) is 2.20. The van der Waals surface area contributed by atoms with E-state index in [9.17, 15) is 14.9 Å². The summed E-state index contributed by atoms with van der Waals surface area (Å²) in [7, 11) is 3.95. The van der Waals surface area contributed by atoms with Crippen molar-refractivity contribution in [3.63, 3.8) is 0 Å². The van der Waals surface area contributed by atoms with E-state index in [1.165, 1.54) is 18.2 Å². The van der Waals surface area contributed by atoms with Gasteiger partial charge < -0.3 is 16.0 Å². The van der Waals surface area contributed by atoms with E-state index in [1.807, 2.05) is 14.1 Å². The summed E-state index contributed by atoms with van der Waals surface area (Å²) in [5.74, 6) is -0.288. The Hall–Kier alpha value is -2.15. The van der Waals surface area contributed by atoms with Gasteiger partial charge in [0.15, 0.2) is 0 Å². The molecule has 21 heavy (non-hydrogen) atoms. The molecule has 0 aliphatic rings. The van der Waals surface area contributed by atoms with Gasteiger partial charge in [-0.3, -0.25) is 14.9 Å². The van der Waals surface area contributed by atoms with Crippen LogP contribution in [-0.2, 0) is 0 Å². The summed E-state index contributed by atoms with van der Waals surface area (Å²) >= 11 is 0. The van der Waals surface area contributed by atoms with E-state index in [0.29, 0.717) is 12.1 Å². The normalized spacial score (nSPS) is 11.5. The Morgan fingerprint density at radius 1 is 1.43 bits per heavy atom. The number of amides is 1. The van der Waals surface area contributed by atoms with Crippen LogP contribution in [0.25, 0.3) is 0 Å². The molecule has 0 aliphatic carbocycles. The number of anilines is 1. The van der Waals surface area contributed by atoms with Crippen molar-refractivity contribution in [3.8, 4) is 0 Å². The maximum Gasteiger partial charge on any atom is 0.292 e. The van der Waals surface area contributed by atoms with Crippen LogP contribution >= 0.6 is 0 Å². The molecular weight excluding hydrogens is 272 g/mol. The Balaban J connectivity index is 2.73. The summed E-state index contributed by atoms with van der Waals surface area (Å²) in [4.78, 5) is 24.2. The van der Waals surface area contributed by atoms with E-state index in [0.717, 1.165) is 6.54 Å². The minimum atomic E-state index is -0.572. The third-order valence-corrected chi connectivity index (χ3v) is 2.96. The lowest BCUT2D eigenvalue weighted by Gasteiger charge is -2.28. The second kappa shape index (κ2) is 6.53. The van der Waals surface area contributed by atoms with E-state index < -0.39 is 4.92 Å². The molecule has 0 aliphatic heterocycles. The Morgan fingerprint density at radius 3 is 2.52 bits per heavy atom. The van der Waals surface area contributed by atoms with Gasteiger partial charge in [-0.15, -0.1) is 0 Å².